The fourth-order valence-corrected chi connectivity index (χ4v) is 6.58. The molecule has 0 heterocycles. The molecule has 2 aliphatic rings. The van der Waals surface area contributed by atoms with Crippen molar-refractivity contribution in [2.24, 2.45) is 57.2 Å². The molecule has 2 fully saturated rings. The van der Waals surface area contributed by atoms with Crippen molar-refractivity contribution in [1.82, 2.24) is 0 Å². The molecule has 0 radical (unpaired) electrons. The van der Waals surface area contributed by atoms with Crippen molar-refractivity contribution in [3.05, 3.63) is 23.8 Å². The molecule has 2 heteroatoms. The highest BCUT2D eigenvalue weighted by atomic mass is 16.4. The molecule has 0 aromatic rings. The number of hydrogen-bond donors (Lipinski definition) is 1. The minimum atomic E-state index is -0.801. The van der Waals surface area contributed by atoms with Crippen molar-refractivity contribution in [1.29, 1.82) is 0 Å². The molecule has 34 heavy (non-hydrogen) atoms. The summed E-state index contributed by atoms with van der Waals surface area (Å²) in [5, 5.41) is 9.88. The zero-order valence-electron chi connectivity index (χ0n) is 24.2. The van der Waals surface area contributed by atoms with Crippen LogP contribution in [0.1, 0.15) is 102 Å². The molecule has 2 saturated carbocycles. The van der Waals surface area contributed by atoms with Gasteiger partial charge >= 0.3 is 5.97 Å². The van der Waals surface area contributed by atoms with E-state index >= 15 is 0 Å². The fourth-order valence-electron chi connectivity index (χ4n) is 6.58. The number of carboxylic acid groups (broad SMARTS) is 1. The zero-order valence-corrected chi connectivity index (χ0v) is 24.2. The maximum Gasteiger partial charge on any atom is 0.309 e. The van der Waals surface area contributed by atoms with Crippen molar-refractivity contribution in [3.63, 3.8) is 0 Å². The summed E-state index contributed by atoms with van der Waals surface area (Å²) in [6.07, 6.45) is 11.1. The van der Waals surface area contributed by atoms with Crippen molar-refractivity contribution in [3.8, 4) is 11.8 Å². The van der Waals surface area contributed by atoms with Gasteiger partial charge in [-0.1, -0.05) is 78.2 Å². The minimum absolute atomic E-state index is 0.0215. The van der Waals surface area contributed by atoms with Crippen LogP contribution in [0.15, 0.2) is 23.8 Å². The first-order valence-corrected chi connectivity index (χ1v) is 13.4. The molecule has 2 aliphatic carbocycles. The molecule has 2 nitrogen and oxygen atoms in total. The Bertz CT molecular complexity index is 870. The second-order valence-corrected chi connectivity index (χ2v) is 13.8. The Morgan fingerprint density at radius 2 is 1.65 bits per heavy atom. The van der Waals surface area contributed by atoms with Crippen LogP contribution in [0.5, 0.6) is 0 Å². The number of rotatable bonds is 8. The first-order valence-electron chi connectivity index (χ1n) is 13.4. The minimum Gasteiger partial charge on any atom is -0.481 e. The van der Waals surface area contributed by atoms with E-state index in [2.05, 4.69) is 92.4 Å². The van der Waals surface area contributed by atoms with Gasteiger partial charge in [-0.3, -0.25) is 4.79 Å². The molecule has 6 atom stereocenters. The summed E-state index contributed by atoms with van der Waals surface area (Å²) in [5.41, 5.74) is 0.192. The van der Waals surface area contributed by atoms with Gasteiger partial charge in [-0.25, -0.2) is 0 Å². The van der Waals surface area contributed by atoms with Crippen molar-refractivity contribution in [2.45, 2.75) is 102 Å². The lowest BCUT2D eigenvalue weighted by atomic mass is 9.54. The average molecular weight is 469 g/mol. The second-order valence-electron chi connectivity index (χ2n) is 13.8. The first-order chi connectivity index (χ1) is 15.4. The molecule has 0 saturated heterocycles. The Hall–Kier alpha value is -1.49. The van der Waals surface area contributed by atoms with E-state index < -0.39 is 11.4 Å². The van der Waals surface area contributed by atoms with E-state index in [9.17, 15) is 9.90 Å². The smallest absolute Gasteiger partial charge is 0.309 e. The number of fused-ring (bicyclic) bond motifs is 1. The van der Waals surface area contributed by atoms with Gasteiger partial charge in [-0.05, 0) is 100 Å². The third-order valence-electron chi connectivity index (χ3n) is 10.7. The van der Waals surface area contributed by atoms with E-state index in [4.69, 9.17) is 0 Å². The Morgan fingerprint density at radius 1 is 1.06 bits per heavy atom. The first kappa shape index (κ1) is 28.7. The maximum absolute atomic E-state index is 12.0. The van der Waals surface area contributed by atoms with E-state index in [0.717, 1.165) is 24.2 Å². The largest absolute Gasteiger partial charge is 0.481 e. The maximum atomic E-state index is 12.0. The van der Waals surface area contributed by atoms with Crippen LogP contribution >= 0.6 is 0 Å². The normalized spacial score (nSPS) is 29.1. The monoisotopic (exact) mass is 468 g/mol. The standard InChI is InChI=1S/C32H52O2/c1-13-16-29(5,6)23(4)21(2)14-15-26-22(3)17-25-18-24(19-27(25)26)20-30(7,8)32(11,12)31(9,10)28(33)34/h14-15,20-23,25-27H,17-19H2,1-12H3,(H,33,34)/b15-14+,24-20+/t21-,22-,23?,25-,26+,27+/m1/s1. The van der Waals surface area contributed by atoms with Crippen LogP contribution in [0.2, 0.25) is 0 Å². The van der Waals surface area contributed by atoms with Crippen LogP contribution in [-0.4, -0.2) is 11.1 Å². The predicted molar refractivity (Wildman–Crippen MR) is 145 cm³/mol. The Labute approximate surface area is 211 Å². The third-order valence-corrected chi connectivity index (χ3v) is 10.7. The number of hydrogen-bond acceptors (Lipinski definition) is 1. The molecule has 0 amide bonds. The highest BCUT2D eigenvalue weighted by Gasteiger charge is 2.52. The van der Waals surface area contributed by atoms with Crippen LogP contribution in [-0.2, 0) is 4.79 Å². The average Bonchev–Trinajstić information content (AvgIpc) is 3.20. The molecule has 2 rings (SSSR count). The van der Waals surface area contributed by atoms with Crippen molar-refractivity contribution in [2.75, 3.05) is 0 Å². The number of carboxylic acids is 1. The van der Waals surface area contributed by atoms with Crippen LogP contribution in [0.3, 0.4) is 0 Å². The lowest BCUT2D eigenvalue weighted by Crippen LogP contribution is -2.48. The number of allylic oxidation sites excluding steroid dienone is 4. The molecule has 1 unspecified atom stereocenters. The summed E-state index contributed by atoms with van der Waals surface area (Å²) >= 11 is 0. The van der Waals surface area contributed by atoms with E-state index in [-0.39, 0.29) is 16.2 Å². The fraction of sp³-hybridized carbons (Fsp3) is 0.781. The lowest BCUT2D eigenvalue weighted by molar-refractivity contribution is -0.158. The molecule has 0 spiro atoms. The van der Waals surface area contributed by atoms with Crippen LogP contribution in [0, 0.1) is 69.0 Å². The summed E-state index contributed by atoms with van der Waals surface area (Å²) in [6.45, 7) is 26.0. The number of aliphatic carboxylic acids is 1. The Morgan fingerprint density at radius 3 is 2.18 bits per heavy atom. The topological polar surface area (TPSA) is 37.3 Å². The molecule has 0 aromatic carbocycles. The summed E-state index contributed by atoms with van der Waals surface area (Å²) in [5.74, 6) is 9.65. The molecule has 0 bridgehead atoms. The quantitative estimate of drug-likeness (QED) is 0.286. The highest BCUT2D eigenvalue weighted by Crippen LogP contribution is 2.57. The molecular formula is C32H52O2. The number of carbonyl (C=O) groups is 1. The van der Waals surface area contributed by atoms with Gasteiger partial charge in [-0.15, -0.1) is 5.92 Å². The molecule has 1 N–H and O–H groups in total. The summed E-state index contributed by atoms with van der Waals surface area (Å²) in [6, 6.07) is 0. The van der Waals surface area contributed by atoms with E-state index in [1.54, 1.807) is 5.57 Å². The van der Waals surface area contributed by atoms with Gasteiger partial charge in [0.1, 0.15) is 0 Å². The SMILES string of the molecule is CC#CC(C)(C)C(C)[C@H](C)/C=C/[C@@H]1[C@H]2C/C(=C/C(C)(C)C(C)(C)C(C)(C)C(=O)O)C[C@H]2C[C@H]1C. The van der Waals surface area contributed by atoms with E-state index in [1.165, 1.54) is 12.8 Å². The molecular weight excluding hydrogens is 416 g/mol. The Balaban J connectivity index is 2.20. The van der Waals surface area contributed by atoms with Gasteiger partial charge in [0, 0.05) is 5.41 Å². The zero-order chi connectivity index (χ0) is 26.3. The summed E-state index contributed by atoms with van der Waals surface area (Å²) in [7, 11) is 0. The lowest BCUT2D eigenvalue weighted by Gasteiger charge is -2.49. The van der Waals surface area contributed by atoms with Crippen molar-refractivity contribution < 1.29 is 9.90 Å². The summed E-state index contributed by atoms with van der Waals surface area (Å²) < 4.78 is 0. The molecule has 0 aromatic heterocycles. The van der Waals surface area contributed by atoms with Crippen LogP contribution < -0.4 is 0 Å². The third kappa shape index (κ3) is 5.34. The molecule has 192 valence electrons. The predicted octanol–water partition coefficient (Wildman–Crippen LogP) is 8.64. The van der Waals surface area contributed by atoms with Gasteiger partial charge in [0.05, 0.1) is 5.41 Å². The van der Waals surface area contributed by atoms with Gasteiger partial charge in [0.25, 0.3) is 0 Å². The second kappa shape index (κ2) is 9.87. The van der Waals surface area contributed by atoms with Gasteiger partial charge < -0.3 is 5.11 Å². The van der Waals surface area contributed by atoms with Crippen LogP contribution in [0.25, 0.3) is 0 Å². The van der Waals surface area contributed by atoms with E-state index in [0.29, 0.717) is 17.8 Å². The summed E-state index contributed by atoms with van der Waals surface area (Å²) in [4.78, 5) is 12.0. The van der Waals surface area contributed by atoms with Crippen molar-refractivity contribution >= 4 is 5.97 Å². The Kier molecular flexibility index (Phi) is 8.35. The van der Waals surface area contributed by atoms with Gasteiger partial charge in [0.15, 0.2) is 0 Å². The highest BCUT2D eigenvalue weighted by molar-refractivity contribution is 5.75. The van der Waals surface area contributed by atoms with Gasteiger partial charge in [0.2, 0.25) is 0 Å². The van der Waals surface area contributed by atoms with E-state index in [1.807, 2.05) is 20.8 Å². The van der Waals surface area contributed by atoms with Crippen LogP contribution in [0.4, 0.5) is 0 Å². The molecule has 0 aliphatic heterocycles. The van der Waals surface area contributed by atoms with Gasteiger partial charge in [-0.2, -0.15) is 0 Å².